The number of nitrogen functional groups attached to an aromatic ring is 2. The molecule has 0 bridgehead atoms. The maximum atomic E-state index is 13.7. The van der Waals surface area contributed by atoms with E-state index < -0.39 is 23.8 Å². The average molecular weight is 890 g/mol. The molecule has 268 valence electrons. The van der Waals surface area contributed by atoms with E-state index in [0.29, 0.717) is 38.4 Å². The molecule has 0 radical (unpaired) electrons. The Bertz CT molecular complexity index is 2100. The Balaban J connectivity index is 0.000000200. The molecule has 2 unspecified atom stereocenters. The van der Waals surface area contributed by atoms with Crippen LogP contribution in [0.15, 0.2) is 73.3 Å². The maximum Gasteiger partial charge on any atom is 0.166 e. The minimum absolute atomic E-state index is 0.0536. The average Bonchev–Trinajstić information content (AvgIpc) is 3.75. The van der Waals surface area contributed by atoms with Crippen LogP contribution in [-0.2, 0) is 0 Å². The van der Waals surface area contributed by atoms with Crippen molar-refractivity contribution in [3.8, 4) is 17.2 Å². The summed E-state index contributed by atoms with van der Waals surface area (Å²) in [6.07, 6.45) is 5.55. The molecule has 6 aromatic rings. The van der Waals surface area contributed by atoms with E-state index in [4.69, 9.17) is 67.3 Å². The summed E-state index contributed by atoms with van der Waals surface area (Å²) in [5.41, 5.74) is 15.0. The number of benzene rings is 2. The van der Waals surface area contributed by atoms with E-state index in [1.165, 1.54) is 24.3 Å². The van der Waals surface area contributed by atoms with Gasteiger partial charge >= 0.3 is 0 Å². The number of hydrogen-bond acceptors (Lipinski definition) is 8. The van der Waals surface area contributed by atoms with Crippen LogP contribution in [0.25, 0.3) is 5.69 Å². The molecular weight excluding hydrogens is 859 g/mol. The zero-order valence-electron chi connectivity index (χ0n) is 27.4. The van der Waals surface area contributed by atoms with Crippen molar-refractivity contribution in [3.05, 3.63) is 131 Å². The molecule has 0 fully saturated rings. The van der Waals surface area contributed by atoms with Crippen molar-refractivity contribution in [2.45, 2.75) is 39.9 Å². The zero-order valence-corrected chi connectivity index (χ0v) is 32.6. The Hall–Kier alpha value is -3.89. The van der Waals surface area contributed by atoms with Gasteiger partial charge in [-0.1, -0.05) is 46.4 Å². The molecule has 2 aromatic carbocycles. The number of H-pyrrole nitrogens is 1. The highest BCUT2D eigenvalue weighted by Gasteiger charge is 2.21. The van der Waals surface area contributed by atoms with Crippen LogP contribution in [-0.4, -0.2) is 29.9 Å². The Kier molecular flexibility index (Phi) is 14.1. The Labute approximate surface area is 326 Å². The summed E-state index contributed by atoms with van der Waals surface area (Å²) in [4.78, 5) is 8.12. The van der Waals surface area contributed by atoms with Crippen molar-refractivity contribution in [2.75, 3.05) is 11.5 Å². The van der Waals surface area contributed by atoms with E-state index in [9.17, 15) is 8.78 Å². The summed E-state index contributed by atoms with van der Waals surface area (Å²) in [5, 5.41) is 11.3. The highest BCUT2D eigenvalue weighted by Crippen LogP contribution is 2.37. The van der Waals surface area contributed by atoms with Crippen LogP contribution in [0.4, 0.5) is 20.4 Å². The number of nitrogens with zero attached hydrogens (tertiary/aromatic N) is 5. The lowest BCUT2D eigenvalue weighted by molar-refractivity contribution is 0.227. The van der Waals surface area contributed by atoms with Gasteiger partial charge < -0.3 is 20.9 Å². The molecule has 51 heavy (non-hydrogen) atoms. The number of aryl methyl sites for hydroxylation is 2. The van der Waals surface area contributed by atoms with Gasteiger partial charge in [0.1, 0.15) is 23.8 Å². The zero-order chi connectivity index (χ0) is 37.4. The van der Waals surface area contributed by atoms with Crippen molar-refractivity contribution >= 4 is 80.6 Å². The molecule has 0 aliphatic rings. The molecular formula is C34H31Cl4F2IN8O2. The molecule has 17 heteroatoms. The van der Waals surface area contributed by atoms with E-state index >= 15 is 0 Å². The number of rotatable bonds is 7. The number of hydrogen-bond donors (Lipinski definition) is 3. The van der Waals surface area contributed by atoms with Crippen LogP contribution in [0, 0.1) is 29.1 Å². The summed E-state index contributed by atoms with van der Waals surface area (Å²) >= 11 is 26.3. The number of ether oxygens (including phenoxy) is 2. The number of nitrogens with one attached hydrogen (secondary N) is 1. The summed E-state index contributed by atoms with van der Waals surface area (Å²) in [7, 11) is 0. The lowest BCUT2D eigenvalue weighted by Gasteiger charge is -2.19. The first-order valence-electron chi connectivity index (χ1n) is 14.9. The summed E-state index contributed by atoms with van der Waals surface area (Å²) in [6.45, 7) is 7.27. The molecule has 0 saturated carbocycles. The molecule has 5 N–H and O–H groups in total. The topological polar surface area (TPSA) is 143 Å². The second-order valence-electron chi connectivity index (χ2n) is 10.8. The Morgan fingerprint density at radius 1 is 0.784 bits per heavy atom. The van der Waals surface area contributed by atoms with Crippen LogP contribution in [0.1, 0.15) is 48.6 Å². The maximum absolute atomic E-state index is 13.7. The predicted octanol–water partition coefficient (Wildman–Crippen LogP) is 10.3. The van der Waals surface area contributed by atoms with Gasteiger partial charge in [-0.3, -0.25) is 5.10 Å². The molecule has 0 amide bonds. The standard InChI is InChI=1S/C17H15Cl2FN4O.C13H10Cl2FIN2O.C4H6N2/c1-9-5-6-24(23-9)11-7-14(17(21)22-8-11)25-10(2)15-12(18)3-4-13(20)16(15)19;1-6(11-8(14)2-3-9(16)12(11)15)20-10-4-7(17)5-19-13(10)18;1-4-2-3-5-6-4/h3-8,10H,1-2H3,(H2,21,22);2-6H,1H3,(H2,18,19);2-3H,1H3,(H,5,6). The van der Waals surface area contributed by atoms with E-state index in [1.54, 1.807) is 55.4 Å². The van der Waals surface area contributed by atoms with Crippen LogP contribution < -0.4 is 20.9 Å². The van der Waals surface area contributed by atoms with Crippen molar-refractivity contribution in [3.63, 3.8) is 0 Å². The first kappa shape index (κ1) is 39.9. The number of nitrogens with two attached hydrogens (primary N) is 2. The third-order valence-electron chi connectivity index (χ3n) is 6.92. The fraction of sp³-hybridized carbons (Fsp3) is 0.176. The van der Waals surface area contributed by atoms with Gasteiger partial charge in [0.2, 0.25) is 0 Å². The molecule has 10 nitrogen and oxygen atoms in total. The van der Waals surface area contributed by atoms with Crippen LogP contribution >= 0.6 is 69.0 Å². The number of pyridine rings is 2. The quantitative estimate of drug-likeness (QED) is 0.106. The number of aromatic amines is 1. The van der Waals surface area contributed by atoms with Crippen molar-refractivity contribution in [1.29, 1.82) is 0 Å². The highest BCUT2D eigenvalue weighted by atomic mass is 127. The van der Waals surface area contributed by atoms with E-state index in [1.807, 2.05) is 26.0 Å². The Morgan fingerprint density at radius 2 is 1.31 bits per heavy atom. The lowest BCUT2D eigenvalue weighted by Crippen LogP contribution is -2.09. The van der Waals surface area contributed by atoms with Gasteiger partial charge in [-0.05, 0) is 92.8 Å². The molecule has 0 saturated heterocycles. The first-order valence-corrected chi connectivity index (χ1v) is 17.5. The molecule has 4 heterocycles. The largest absolute Gasteiger partial charge is 0.482 e. The van der Waals surface area contributed by atoms with Crippen molar-refractivity contribution in [2.24, 2.45) is 0 Å². The Morgan fingerprint density at radius 3 is 1.76 bits per heavy atom. The molecule has 0 aliphatic heterocycles. The van der Waals surface area contributed by atoms with Gasteiger partial charge in [0.25, 0.3) is 0 Å². The smallest absolute Gasteiger partial charge is 0.166 e. The molecule has 0 aliphatic carbocycles. The fourth-order valence-corrected chi connectivity index (χ4v) is 6.18. The predicted molar refractivity (Wildman–Crippen MR) is 206 cm³/mol. The normalized spacial score (nSPS) is 11.8. The molecule has 0 spiro atoms. The minimum Gasteiger partial charge on any atom is -0.482 e. The van der Waals surface area contributed by atoms with Crippen LogP contribution in [0.5, 0.6) is 11.5 Å². The second-order valence-corrected chi connectivity index (χ2v) is 13.6. The van der Waals surface area contributed by atoms with Gasteiger partial charge in [-0.15, -0.1) is 0 Å². The van der Waals surface area contributed by atoms with E-state index in [0.717, 1.165) is 15.0 Å². The molecule has 6 rings (SSSR count). The second kappa shape index (κ2) is 18.0. The summed E-state index contributed by atoms with van der Waals surface area (Å²) < 4.78 is 41.3. The number of halogens is 7. The van der Waals surface area contributed by atoms with Gasteiger partial charge in [0.05, 0.1) is 27.6 Å². The summed E-state index contributed by atoms with van der Waals surface area (Å²) in [6, 6.07) is 12.5. The molecule has 4 aromatic heterocycles. The monoisotopic (exact) mass is 888 g/mol. The fourth-order valence-electron chi connectivity index (χ4n) is 4.40. The third kappa shape index (κ3) is 10.6. The minimum atomic E-state index is -0.630. The van der Waals surface area contributed by atoms with Crippen LogP contribution in [0.3, 0.4) is 0 Å². The number of aromatic nitrogens is 6. The molecule has 2 atom stereocenters. The first-order chi connectivity index (χ1) is 24.2. The number of anilines is 2. The van der Waals surface area contributed by atoms with Crippen molar-refractivity contribution in [1.82, 2.24) is 29.9 Å². The van der Waals surface area contributed by atoms with Gasteiger partial charge in [0, 0.05) is 55.1 Å². The van der Waals surface area contributed by atoms with E-state index in [-0.39, 0.29) is 21.7 Å². The lowest BCUT2D eigenvalue weighted by atomic mass is 10.1. The SMILES string of the molecule is CC(Oc1cc(I)cnc1N)c1c(Cl)ccc(F)c1Cl.Cc1ccn(-c2cnc(N)c(OC(C)c3c(Cl)ccc(F)c3Cl)c2)n1.Cc1ccn[nH]1. The van der Waals surface area contributed by atoms with Gasteiger partial charge in [-0.2, -0.15) is 10.2 Å². The highest BCUT2D eigenvalue weighted by molar-refractivity contribution is 14.1. The third-order valence-corrected chi connectivity index (χ3v) is 8.94. The van der Waals surface area contributed by atoms with Gasteiger partial charge in [-0.25, -0.2) is 23.4 Å². The summed E-state index contributed by atoms with van der Waals surface area (Å²) in [5.74, 6) is 0.0676. The van der Waals surface area contributed by atoms with Crippen molar-refractivity contribution < 1.29 is 18.3 Å². The van der Waals surface area contributed by atoms with E-state index in [2.05, 4.69) is 47.9 Å². The van der Waals surface area contributed by atoms with Gasteiger partial charge in [0.15, 0.2) is 23.1 Å². The van der Waals surface area contributed by atoms with Crippen LogP contribution in [0.2, 0.25) is 20.1 Å².